The van der Waals surface area contributed by atoms with Crippen LogP contribution in [0.25, 0.3) is 0 Å². The number of benzene rings is 1. The molecule has 0 spiro atoms. The molecule has 3 heteroatoms. The van der Waals surface area contributed by atoms with Crippen LogP contribution in [0.3, 0.4) is 0 Å². The lowest BCUT2D eigenvalue weighted by atomic mass is 9.95. The molecule has 0 aliphatic carbocycles. The van der Waals surface area contributed by atoms with Gasteiger partial charge in [0, 0.05) is 19.1 Å². The van der Waals surface area contributed by atoms with Crippen LogP contribution in [-0.2, 0) is 0 Å². The number of nitrogens with one attached hydrogen (secondary N) is 1. The fraction of sp³-hybridized carbons (Fsp3) is 0.684. The molecule has 3 nitrogen and oxygen atoms in total. The predicted molar refractivity (Wildman–Crippen MR) is 92.9 cm³/mol. The number of likely N-dealkylation sites (tertiary alicyclic amines) is 1. The SMILES string of the molecule is CC(C)CCC(NCCN1CCCC1)C(O)c1ccccc1. The van der Waals surface area contributed by atoms with Crippen molar-refractivity contribution in [2.75, 3.05) is 26.2 Å². The van der Waals surface area contributed by atoms with E-state index in [1.165, 1.54) is 25.9 Å². The minimum absolute atomic E-state index is 0.146. The normalized spacial score (nSPS) is 18.7. The lowest BCUT2D eigenvalue weighted by Gasteiger charge is -2.26. The van der Waals surface area contributed by atoms with Crippen LogP contribution in [0.1, 0.15) is 51.2 Å². The molecule has 1 aliphatic heterocycles. The molecule has 2 atom stereocenters. The average molecular weight is 304 g/mol. The minimum Gasteiger partial charge on any atom is -0.387 e. The Bertz CT molecular complexity index is 401. The molecule has 1 aliphatic rings. The molecule has 0 bridgehead atoms. The largest absolute Gasteiger partial charge is 0.387 e. The van der Waals surface area contributed by atoms with Gasteiger partial charge in [-0.15, -0.1) is 0 Å². The Morgan fingerprint density at radius 2 is 1.77 bits per heavy atom. The molecular formula is C19H32N2O. The van der Waals surface area contributed by atoms with Gasteiger partial charge in [-0.2, -0.15) is 0 Å². The van der Waals surface area contributed by atoms with E-state index in [2.05, 4.69) is 24.1 Å². The summed E-state index contributed by atoms with van der Waals surface area (Å²) in [5, 5.41) is 14.3. The molecule has 1 heterocycles. The maximum atomic E-state index is 10.7. The van der Waals surface area contributed by atoms with Gasteiger partial charge in [0.2, 0.25) is 0 Å². The summed E-state index contributed by atoms with van der Waals surface area (Å²) in [4.78, 5) is 2.52. The summed E-state index contributed by atoms with van der Waals surface area (Å²) < 4.78 is 0. The van der Waals surface area contributed by atoms with E-state index in [0.29, 0.717) is 5.92 Å². The number of nitrogens with zero attached hydrogens (tertiary/aromatic N) is 1. The Morgan fingerprint density at radius 3 is 2.41 bits per heavy atom. The molecular weight excluding hydrogens is 272 g/mol. The first-order valence-electron chi connectivity index (χ1n) is 8.85. The van der Waals surface area contributed by atoms with Gasteiger partial charge in [-0.1, -0.05) is 44.2 Å². The van der Waals surface area contributed by atoms with Crippen molar-refractivity contribution in [2.45, 2.75) is 51.7 Å². The number of hydrogen-bond donors (Lipinski definition) is 2. The molecule has 2 rings (SSSR count). The third-order valence-electron chi connectivity index (χ3n) is 4.61. The highest BCUT2D eigenvalue weighted by molar-refractivity contribution is 5.18. The van der Waals surface area contributed by atoms with Crippen molar-refractivity contribution in [1.29, 1.82) is 0 Å². The zero-order chi connectivity index (χ0) is 15.8. The minimum atomic E-state index is -0.418. The van der Waals surface area contributed by atoms with Gasteiger partial charge in [0.05, 0.1) is 6.10 Å². The van der Waals surface area contributed by atoms with E-state index in [1.807, 2.05) is 30.3 Å². The third kappa shape index (κ3) is 5.71. The number of aliphatic hydroxyl groups excluding tert-OH is 1. The first kappa shape index (κ1) is 17.5. The number of aliphatic hydroxyl groups is 1. The van der Waals surface area contributed by atoms with Crippen LogP contribution in [0, 0.1) is 5.92 Å². The lowest BCUT2D eigenvalue weighted by molar-refractivity contribution is 0.118. The monoisotopic (exact) mass is 304 g/mol. The van der Waals surface area contributed by atoms with E-state index < -0.39 is 6.10 Å². The van der Waals surface area contributed by atoms with E-state index >= 15 is 0 Å². The van der Waals surface area contributed by atoms with Crippen molar-refractivity contribution < 1.29 is 5.11 Å². The summed E-state index contributed by atoms with van der Waals surface area (Å²) in [5.74, 6) is 0.672. The van der Waals surface area contributed by atoms with Crippen LogP contribution in [0.15, 0.2) is 30.3 Å². The van der Waals surface area contributed by atoms with Crippen LogP contribution in [-0.4, -0.2) is 42.2 Å². The Balaban J connectivity index is 1.86. The van der Waals surface area contributed by atoms with Gasteiger partial charge in [0.15, 0.2) is 0 Å². The Kier molecular flexibility index (Phi) is 7.37. The van der Waals surface area contributed by atoms with E-state index in [-0.39, 0.29) is 6.04 Å². The van der Waals surface area contributed by atoms with Crippen LogP contribution in [0.4, 0.5) is 0 Å². The third-order valence-corrected chi connectivity index (χ3v) is 4.61. The molecule has 1 aromatic rings. The van der Waals surface area contributed by atoms with Gasteiger partial charge >= 0.3 is 0 Å². The molecule has 2 unspecified atom stereocenters. The van der Waals surface area contributed by atoms with Gasteiger partial charge in [-0.3, -0.25) is 0 Å². The van der Waals surface area contributed by atoms with Crippen molar-refractivity contribution >= 4 is 0 Å². The molecule has 22 heavy (non-hydrogen) atoms. The summed E-state index contributed by atoms with van der Waals surface area (Å²) in [6.45, 7) is 9.03. The Hall–Kier alpha value is -0.900. The van der Waals surface area contributed by atoms with Crippen molar-refractivity contribution in [2.24, 2.45) is 5.92 Å². The molecule has 124 valence electrons. The molecule has 1 saturated heterocycles. The highest BCUT2D eigenvalue weighted by Gasteiger charge is 2.21. The maximum absolute atomic E-state index is 10.7. The highest BCUT2D eigenvalue weighted by Crippen LogP contribution is 2.21. The van der Waals surface area contributed by atoms with Crippen LogP contribution in [0.5, 0.6) is 0 Å². The van der Waals surface area contributed by atoms with Crippen LogP contribution >= 0.6 is 0 Å². The lowest BCUT2D eigenvalue weighted by Crippen LogP contribution is -2.40. The van der Waals surface area contributed by atoms with Gasteiger partial charge in [-0.25, -0.2) is 0 Å². The first-order chi connectivity index (χ1) is 10.7. The molecule has 0 amide bonds. The highest BCUT2D eigenvalue weighted by atomic mass is 16.3. The van der Waals surface area contributed by atoms with Gasteiger partial charge < -0.3 is 15.3 Å². The molecule has 2 N–H and O–H groups in total. The van der Waals surface area contributed by atoms with Gasteiger partial charge in [0.1, 0.15) is 0 Å². The Labute approximate surface area is 135 Å². The summed E-state index contributed by atoms with van der Waals surface area (Å²) >= 11 is 0. The summed E-state index contributed by atoms with van der Waals surface area (Å²) in [6.07, 6.45) is 4.42. The van der Waals surface area contributed by atoms with Gasteiger partial charge in [0.25, 0.3) is 0 Å². The Morgan fingerprint density at radius 1 is 1.09 bits per heavy atom. The van der Waals surface area contributed by atoms with Crippen molar-refractivity contribution in [3.8, 4) is 0 Å². The molecule has 0 saturated carbocycles. The fourth-order valence-corrected chi connectivity index (χ4v) is 3.18. The van der Waals surface area contributed by atoms with E-state index in [4.69, 9.17) is 0 Å². The maximum Gasteiger partial charge on any atom is 0.0942 e. The first-order valence-corrected chi connectivity index (χ1v) is 8.85. The molecule has 1 aromatic carbocycles. The van der Waals surface area contributed by atoms with Crippen LogP contribution in [0.2, 0.25) is 0 Å². The van der Waals surface area contributed by atoms with Gasteiger partial charge in [-0.05, 0) is 50.3 Å². The van der Waals surface area contributed by atoms with Crippen LogP contribution < -0.4 is 5.32 Å². The number of hydrogen-bond acceptors (Lipinski definition) is 3. The van der Waals surface area contributed by atoms with Crippen molar-refractivity contribution in [3.05, 3.63) is 35.9 Å². The fourth-order valence-electron chi connectivity index (χ4n) is 3.18. The molecule has 1 fully saturated rings. The topological polar surface area (TPSA) is 35.5 Å². The van der Waals surface area contributed by atoms with E-state index in [0.717, 1.165) is 31.5 Å². The van der Waals surface area contributed by atoms with E-state index in [9.17, 15) is 5.11 Å². The van der Waals surface area contributed by atoms with Crippen molar-refractivity contribution in [1.82, 2.24) is 10.2 Å². The van der Waals surface area contributed by atoms with Crippen molar-refractivity contribution in [3.63, 3.8) is 0 Å². The molecule has 0 radical (unpaired) electrons. The summed E-state index contributed by atoms with van der Waals surface area (Å²) in [5.41, 5.74) is 1.02. The van der Waals surface area contributed by atoms with E-state index in [1.54, 1.807) is 0 Å². The second-order valence-electron chi connectivity index (χ2n) is 6.94. The summed E-state index contributed by atoms with van der Waals surface area (Å²) in [6, 6.07) is 10.2. The molecule has 0 aromatic heterocycles. The number of rotatable bonds is 9. The smallest absolute Gasteiger partial charge is 0.0942 e. The standard InChI is InChI=1S/C19H32N2O/c1-16(2)10-11-18(19(22)17-8-4-3-5-9-17)20-12-15-21-13-6-7-14-21/h3-5,8-9,16,18-20,22H,6-7,10-15H2,1-2H3. The zero-order valence-corrected chi connectivity index (χ0v) is 14.2. The average Bonchev–Trinajstić information content (AvgIpc) is 3.04. The summed E-state index contributed by atoms with van der Waals surface area (Å²) in [7, 11) is 0. The predicted octanol–water partition coefficient (Wildman–Crippen LogP) is 3.21. The zero-order valence-electron chi connectivity index (χ0n) is 14.2. The second kappa shape index (κ2) is 9.29. The quantitative estimate of drug-likeness (QED) is 0.735. The second-order valence-corrected chi connectivity index (χ2v) is 6.94.